The van der Waals surface area contributed by atoms with Crippen molar-refractivity contribution in [1.29, 1.82) is 0 Å². The van der Waals surface area contributed by atoms with Crippen molar-refractivity contribution in [1.82, 2.24) is 0 Å². The standard InChI is InChI=1S/C19H29FO2/c1-18-7-4-3-5-11(18)9-15(21)16-12(18)6-8-19(2)13(16)10-14(20)17(19)22/h11-14,16-17,22H,3-10H2,1-2H3/t11?,12-,13-,14+,16+,17-,18-,19-/m0/s1. The van der Waals surface area contributed by atoms with Gasteiger partial charge in [0.15, 0.2) is 0 Å². The van der Waals surface area contributed by atoms with Crippen molar-refractivity contribution < 1.29 is 14.3 Å². The van der Waals surface area contributed by atoms with Crippen LogP contribution >= 0.6 is 0 Å². The molecule has 0 aromatic rings. The van der Waals surface area contributed by atoms with Crippen LogP contribution in [0.2, 0.25) is 0 Å². The van der Waals surface area contributed by atoms with Crippen molar-refractivity contribution in [2.24, 2.45) is 34.5 Å². The van der Waals surface area contributed by atoms with Crippen LogP contribution in [0.1, 0.15) is 65.2 Å². The molecule has 1 unspecified atom stereocenters. The Morgan fingerprint density at radius 3 is 2.64 bits per heavy atom. The molecule has 0 spiro atoms. The van der Waals surface area contributed by atoms with Gasteiger partial charge in [-0.05, 0) is 60.7 Å². The molecule has 0 aliphatic heterocycles. The van der Waals surface area contributed by atoms with Gasteiger partial charge in [0.1, 0.15) is 12.0 Å². The number of hydrogen-bond acceptors (Lipinski definition) is 2. The fourth-order valence-corrected chi connectivity index (χ4v) is 6.91. The Hall–Kier alpha value is -0.440. The van der Waals surface area contributed by atoms with E-state index in [1.807, 2.05) is 6.92 Å². The van der Waals surface area contributed by atoms with Gasteiger partial charge in [-0.25, -0.2) is 4.39 Å². The lowest BCUT2D eigenvalue weighted by atomic mass is 9.45. The SMILES string of the molecule is C[C@]12CC[C@H]3[C@@H](C(=O)CC4CCCC[C@@]43C)[C@@H]1C[C@@H](F)[C@@H]2O. The van der Waals surface area contributed by atoms with E-state index in [1.165, 1.54) is 25.7 Å². The lowest BCUT2D eigenvalue weighted by molar-refractivity contribution is -0.158. The molecule has 0 aromatic carbocycles. The molecule has 4 aliphatic rings. The lowest BCUT2D eigenvalue weighted by Gasteiger charge is -2.59. The highest BCUT2D eigenvalue weighted by Gasteiger charge is 2.64. The van der Waals surface area contributed by atoms with Crippen LogP contribution in [-0.4, -0.2) is 23.2 Å². The van der Waals surface area contributed by atoms with E-state index in [4.69, 9.17) is 0 Å². The number of carbonyl (C=O) groups is 1. The quantitative estimate of drug-likeness (QED) is 0.737. The first-order valence-corrected chi connectivity index (χ1v) is 9.23. The molecule has 1 N–H and O–H groups in total. The molecule has 4 saturated carbocycles. The van der Waals surface area contributed by atoms with Gasteiger partial charge in [-0.2, -0.15) is 0 Å². The van der Waals surface area contributed by atoms with Crippen molar-refractivity contribution in [2.75, 3.05) is 0 Å². The predicted molar refractivity (Wildman–Crippen MR) is 83.0 cm³/mol. The number of halogens is 1. The maximum atomic E-state index is 14.2. The van der Waals surface area contributed by atoms with E-state index in [0.717, 1.165) is 12.8 Å². The normalized spacial score (nSPS) is 57.9. The van der Waals surface area contributed by atoms with Crippen LogP contribution in [0.15, 0.2) is 0 Å². The average Bonchev–Trinajstić information content (AvgIpc) is 2.71. The zero-order valence-electron chi connectivity index (χ0n) is 13.9. The Morgan fingerprint density at radius 2 is 1.86 bits per heavy atom. The third kappa shape index (κ3) is 1.78. The summed E-state index contributed by atoms with van der Waals surface area (Å²) in [7, 11) is 0. The lowest BCUT2D eigenvalue weighted by Crippen LogP contribution is -2.56. The van der Waals surface area contributed by atoms with Crippen molar-refractivity contribution in [2.45, 2.75) is 77.5 Å². The van der Waals surface area contributed by atoms with Crippen LogP contribution in [0.25, 0.3) is 0 Å². The summed E-state index contributed by atoms with van der Waals surface area (Å²) in [6, 6.07) is 0. The largest absolute Gasteiger partial charge is 0.390 e. The number of aliphatic hydroxyl groups excluding tert-OH is 1. The Bertz CT molecular complexity index is 492. The van der Waals surface area contributed by atoms with Crippen LogP contribution in [0.4, 0.5) is 4.39 Å². The van der Waals surface area contributed by atoms with Gasteiger partial charge in [-0.1, -0.05) is 26.7 Å². The van der Waals surface area contributed by atoms with Crippen LogP contribution < -0.4 is 0 Å². The number of hydrogen-bond donors (Lipinski definition) is 1. The van der Waals surface area contributed by atoms with Gasteiger partial charge in [0, 0.05) is 12.3 Å². The molecule has 0 heterocycles. The summed E-state index contributed by atoms with van der Waals surface area (Å²) in [6.45, 7) is 4.43. The fraction of sp³-hybridized carbons (Fsp3) is 0.947. The number of alkyl halides is 1. The van der Waals surface area contributed by atoms with E-state index in [9.17, 15) is 14.3 Å². The van der Waals surface area contributed by atoms with Gasteiger partial charge in [-0.3, -0.25) is 4.79 Å². The van der Waals surface area contributed by atoms with E-state index in [1.54, 1.807) is 0 Å². The smallest absolute Gasteiger partial charge is 0.136 e. The number of ketones is 1. The van der Waals surface area contributed by atoms with E-state index < -0.39 is 12.3 Å². The second-order valence-corrected chi connectivity index (χ2v) is 9.10. The maximum Gasteiger partial charge on any atom is 0.136 e. The van der Waals surface area contributed by atoms with E-state index in [0.29, 0.717) is 30.5 Å². The number of aliphatic hydroxyl groups is 1. The van der Waals surface area contributed by atoms with Gasteiger partial charge >= 0.3 is 0 Å². The second-order valence-electron chi connectivity index (χ2n) is 9.10. The molecule has 8 atom stereocenters. The Labute approximate surface area is 132 Å². The molecular formula is C19H29FO2. The minimum atomic E-state index is -1.14. The number of fused-ring (bicyclic) bond motifs is 5. The monoisotopic (exact) mass is 308 g/mol. The third-order valence-electron chi connectivity index (χ3n) is 8.32. The summed E-state index contributed by atoms with van der Waals surface area (Å²) >= 11 is 0. The van der Waals surface area contributed by atoms with Crippen LogP contribution in [0, 0.1) is 34.5 Å². The first kappa shape index (κ1) is 15.1. The van der Waals surface area contributed by atoms with E-state index in [2.05, 4.69) is 6.92 Å². The van der Waals surface area contributed by atoms with E-state index >= 15 is 0 Å². The highest BCUT2D eigenvalue weighted by Crippen LogP contribution is 2.65. The summed E-state index contributed by atoms with van der Waals surface area (Å²) < 4.78 is 14.2. The third-order valence-corrected chi connectivity index (χ3v) is 8.32. The van der Waals surface area contributed by atoms with Crippen LogP contribution in [0.5, 0.6) is 0 Å². The number of rotatable bonds is 0. The molecule has 4 rings (SSSR count). The summed E-state index contributed by atoms with van der Waals surface area (Å²) in [5.41, 5.74) is -0.106. The van der Waals surface area contributed by atoms with Gasteiger partial charge in [0.2, 0.25) is 0 Å². The van der Waals surface area contributed by atoms with Crippen molar-refractivity contribution in [3.8, 4) is 0 Å². The first-order valence-electron chi connectivity index (χ1n) is 9.23. The molecule has 0 bridgehead atoms. The Kier molecular flexibility index (Phi) is 3.28. The van der Waals surface area contributed by atoms with Crippen molar-refractivity contribution in [3.63, 3.8) is 0 Å². The zero-order chi connectivity index (χ0) is 15.7. The zero-order valence-corrected chi connectivity index (χ0v) is 13.9. The molecule has 2 nitrogen and oxygen atoms in total. The summed E-state index contributed by atoms with van der Waals surface area (Å²) in [6.07, 6.45) is 5.94. The van der Waals surface area contributed by atoms with Crippen LogP contribution in [-0.2, 0) is 4.79 Å². The Balaban J connectivity index is 1.71. The maximum absolute atomic E-state index is 14.2. The topological polar surface area (TPSA) is 37.3 Å². The summed E-state index contributed by atoms with van der Waals surface area (Å²) in [4.78, 5) is 12.9. The van der Waals surface area contributed by atoms with Crippen molar-refractivity contribution in [3.05, 3.63) is 0 Å². The van der Waals surface area contributed by atoms with Gasteiger partial charge < -0.3 is 5.11 Å². The van der Waals surface area contributed by atoms with E-state index in [-0.39, 0.29) is 22.7 Å². The fourth-order valence-electron chi connectivity index (χ4n) is 6.91. The second kappa shape index (κ2) is 4.78. The Morgan fingerprint density at radius 1 is 1.09 bits per heavy atom. The summed E-state index contributed by atoms with van der Waals surface area (Å²) in [5.74, 6) is 1.42. The molecule has 0 saturated heterocycles. The predicted octanol–water partition coefficient (Wildman–Crippen LogP) is 3.91. The first-order chi connectivity index (χ1) is 10.4. The van der Waals surface area contributed by atoms with Gasteiger partial charge in [0.25, 0.3) is 0 Å². The summed E-state index contributed by atoms with van der Waals surface area (Å²) in [5, 5.41) is 10.3. The molecule has 0 aromatic heterocycles. The van der Waals surface area contributed by atoms with Gasteiger partial charge in [0.05, 0.1) is 6.10 Å². The minimum Gasteiger partial charge on any atom is -0.390 e. The van der Waals surface area contributed by atoms with Crippen molar-refractivity contribution >= 4 is 5.78 Å². The molecule has 0 amide bonds. The van der Waals surface area contributed by atoms with Crippen LogP contribution in [0.3, 0.4) is 0 Å². The van der Waals surface area contributed by atoms with Gasteiger partial charge in [-0.15, -0.1) is 0 Å². The highest BCUT2D eigenvalue weighted by molar-refractivity contribution is 5.83. The molecule has 0 radical (unpaired) electrons. The molecule has 4 fully saturated rings. The number of carbonyl (C=O) groups excluding carboxylic acids is 1. The molecule has 22 heavy (non-hydrogen) atoms. The molecule has 4 aliphatic carbocycles. The molecule has 3 heteroatoms. The molecule has 124 valence electrons. The molecular weight excluding hydrogens is 279 g/mol. The number of Topliss-reactive ketones (excluding diaryl/α,β-unsaturated/α-hetero) is 1. The minimum absolute atomic E-state index is 0.00787. The highest BCUT2D eigenvalue weighted by atomic mass is 19.1. The average molecular weight is 308 g/mol.